The third-order valence-corrected chi connectivity index (χ3v) is 5.35. The van der Waals surface area contributed by atoms with Crippen molar-refractivity contribution in [2.45, 2.75) is 24.3 Å². The summed E-state index contributed by atoms with van der Waals surface area (Å²) < 4.78 is 26.2. The van der Waals surface area contributed by atoms with Gasteiger partial charge in [-0.15, -0.1) is 0 Å². The first-order valence-corrected chi connectivity index (χ1v) is 7.71. The molecular formula is C12H19N3O3S. The number of aliphatic hydroxyl groups is 1. The molecule has 106 valence electrons. The summed E-state index contributed by atoms with van der Waals surface area (Å²) in [5.74, 6) is 0.640. The van der Waals surface area contributed by atoms with E-state index in [1.165, 1.54) is 10.5 Å². The standard InChI is InChI=1S/C12H19N3O3S/c1-9(16)10-5-6-15(8-10)19(17,18)11-3-4-12(13-2)14-7-11/h3-4,7,9-10,16H,5-6,8H2,1-2H3,(H,13,14). The van der Waals surface area contributed by atoms with Crippen LogP contribution in [0.5, 0.6) is 0 Å². The van der Waals surface area contributed by atoms with E-state index in [9.17, 15) is 13.5 Å². The monoisotopic (exact) mass is 285 g/mol. The Morgan fingerprint density at radius 2 is 2.26 bits per heavy atom. The predicted octanol–water partition coefficient (Wildman–Crippen LogP) is 0.515. The lowest BCUT2D eigenvalue weighted by Crippen LogP contribution is -2.30. The Kier molecular flexibility index (Phi) is 4.07. The van der Waals surface area contributed by atoms with Gasteiger partial charge in [-0.25, -0.2) is 13.4 Å². The minimum Gasteiger partial charge on any atom is -0.393 e. The Labute approximate surface area is 113 Å². The van der Waals surface area contributed by atoms with E-state index in [4.69, 9.17) is 0 Å². The zero-order valence-corrected chi connectivity index (χ0v) is 11.9. The van der Waals surface area contributed by atoms with Crippen molar-refractivity contribution in [2.75, 3.05) is 25.5 Å². The summed E-state index contributed by atoms with van der Waals surface area (Å²) in [6.07, 6.45) is 1.57. The van der Waals surface area contributed by atoms with E-state index in [-0.39, 0.29) is 10.8 Å². The van der Waals surface area contributed by atoms with Crippen LogP contribution in [-0.4, -0.2) is 49.1 Å². The topological polar surface area (TPSA) is 82.5 Å². The third kappa shape index (κ3) is 2.88. The first-order chi connectivity index (χ1) is 8.95. The molecule has 0 amide bonds. The molecule has 19 heavy (non-hydrogen) atoms. The lowest BCUT2D eigenvalue weighted by atomic mass is 10.0. The highest BCUT2D eigenvalue weighted by atomic mass is 32.2. The highest BCUT2D eigenvalue weighted by Gasteiger charge is 2.34. The first-order valence-electron chi connectivity index (χ1n) is 6.27. The van der Waals surface area contributed by atoms with Gasteiger partial charge in [0.2, 0.25) is 10.0 Å². The van der Waals surface area contributed by atoms with Crippen LogP contribution in [0.1, 0.15) is 13.3 Å². The van der Waals surface area contributed by atoms with Gasteiger partial charge in [0, 0.05) is 26.3 Å². The predicted molar refractivity (Wildman–Crippen MR) is 72.3 cm³/mol. The molecule has 0 aliphatic carbocycles. The summed E-state index contributed by atoms with van der Waals surface area (Å²) in [5.41, 5.74) is 0. The SMILES string of the molecule is CNc1ccc(S(=O)(=O)N2CCC(C(C)O)C2)cn1. The van der Waals surface area contributed by atoms with Crippen molar-refractivity contribution in [3.63, 3.8) is 0 Å². The molecule has 2 rings (SSSR count). The van der Waals surface area contributed by atoms with E-state index in [1.807, 2.05) is 0 Å². The number of sulfonamides is 1. The summed E-state index contributed by atoms with van der Waals surface area (Å²) in [6, 6.07) is 3.18. The summed E-state index contributed by atoms with van der Waals surface area (Å²) in [4.78, 5) is 4.22. The van der Waals surface area contributed by atoms with E-state index < -0.39 is 16.1 Å². The number of pyridine rings is 1. The molecule has 0 aromatic carbocycles. The van der Waals surface area contributed by atoms with E-state index in [0.29, 0.717) is 25.3 Å². The van der Waals surface area contributed by atoms with Gasteiger partial charge in [0.15, 0.2) is 0 Å². The molecule has 6 nitrogen and oxygen atoms in total. The average molecular weight is 285 g/mol. The minimum absolute atomic E-state index is 0.0133. The van der Waals surface area contributed by atoms with Crippen LogP contribution in [0.2, 0.25) is 0 Å². The average Bonchev–Trinajstić information content (AvgIpc) is 2.89. The molecule has 2 atom stereocenters. The Balaban J connectivity index is 2.18. The lowest BCUT2D eigenvalue weighted by molar-refractivity contribution is 0.133. The van der Waals surface area contributed by atoms with Crippen LogP contribution >= 0.6 is 0 Å². The van der Waals surface area contributed by atoms with E-state index in [1.54, 1.807) is 26.1 Å². The van der Waals surface area contributed by atoms with Gasteiger partial charge in [0.25, 0.3) is 0 Å². The van der Waals surface area contributed by atoms with Crippen molar-refractivity contribution in [1.82, 2.24) is 9.29 Å². The van der Waals surface area contributed by atoms with Gasteiger partial charge in [0.05, 0.1) is 6.10 Å². The first kappa shape index (κ1) is 14.2. The van der Waals surface area contributed by atoms with Gasteiger partial charge in [-0.1, -0.05) is 0 Å². The number of hydrogen-bond donors (Lipinski definition) is 2. The van der Waals surface area contributed by atoms with Gasteiger partial charge in [-0.05, 0) is 31.4 Å². The quantitative estimate of drug-likeness (QED) is 0.842. The summed E-state index contributed by atoms with van der Waals surface area (Å²) >= 11 is 0. The molecular weight excluding hydrogens is 266 g/mol. The largest absolute Gasteiger partial charge is 0.393 e. The van der Waals surface area contributed by atoms with Crippen molar-refractivity contribution >= 4 is 15.8 Å². The van der Waals surface area contributed by atoms with Crippen molar-refractivity contribution in [1.29, 1.82) is 0 Å². The van der Waals surface area contributed by atoms with Gasteiger partial charge in [0.1, 0.15) is 10.7 Å². The third-order valence-electron chi connectivity index (χ3n) is 3.50. The summed E-state index contributed by atoms with van der Waals surface area (Å²) in [5, 5.41) is 12.4. The highest BCUT2D eigenvalue weighted by molar-refractivity contribution is 7.89. The smallest absolute Gasteiger partial charge is 0.244 e. The highest BCUT2D eigenvalue weighted by Crippen LogP contribution is 2.26. The number of nitrogens with one attached hydrogen (secondary N) is 1. The van der Waals surface area contributed by atoms with Crippen LogP contribution in [0.3, 0.4) is 0 Å². The molecule has 1 aromatic rings. The molecule has 0 saturated carbocycles. The van der Waals surface area contributed by atoms with Crippen LogP contribution in [0.4, 0.5) is 5.82 Å². The van der Waals surface area contributed by atoms with Crippen LogP contribution in [0, 0.1) is 5.92 Å². The van der Waals surface area contributed by atoms with Crippen LogP contribution < -0.4 is 5.32 Å². The maximum atomic E-state index is 12.4. The Morgan fingerprint density at radius 1 is 1.53 bits per heavy atom. The van der Waals surface area contributed by atoms with E-state index >= 15 is 0 Å². The molecule has 1 aromatic heterocycles. The number of hydrogen-bond acceptors (Lipinski definition) is 5. The molecule has 1 fully saturated rings. The minimum atomic E-state index is -3.50. The maximum absolute atomic E-state index is 12.4. The zero-order valence-electron chi connectivity index (χ0n) is 11.1. The molecule has 2 N–H and O–H groups in total. The fourth-order valence-corrected chi connectivity index (χ4v) is 3.65. The molecule has 1 aliphatic heterocycles. The fourth-order valence-electron chi connectivity index (χ4n) is 2.20. The molecule has 1 aliphatic rings. The number of rotatable bonds is 4. The van der Waals surface area contributed by atoms with Crippen LogP contribution in [0.25, 0.3) is 0 Å². The molecule has 0 bridgehead atoms. The zero-order chi connectivity index (χ0) is 14.0. The molecule has 0 radical (unpaired) electrons. The fraction of sp³-hybridized carbons (Fsp3) is 0.583. The Morgan fingerprint density at radius 3 is 2.74 bits per heavy atom. The molecule has 2 heterocycles. The summed E-state index contributed by atoms with van der Waals surface area (Å²) in [6.45, 7) is 2.52. The number of aromatic nitrogens is 1. The molecule has 1 saturated heterocycles. The second kappa shape index (κ2) is 5.44. The maximum Gasteiger partial charge on any atom is 0.244 e. The molecule has 7 heteroatoms. The lowest BCUT2D eigenvalue weighted by Gasteiger charge is -2.17. The van der Waals surface area contributed by atoms with Crippen molar-refractivity contribution in [3.8, 4) is 0 Å². The second-order valence-electron chi connectivity index (χ2n) is 4.78. The number of aliphatic hydroxyl groups excluding tert-OH is 1. The van der Waals surface area contributed by atoms with Crippen molar-refractivity contribution in [3.05, 3.63) is 18.3 Å². The molecule has 2 unspecified atom stereocenters. The number of anilines is 1. The van der Waals surface area contributed by atoms with E-state index in [0.717, 1.165) is 0 Å². The number of nitrogens with zero attached hydrogens (tertiary/aromatic N) is 2. The van der Waals surface area contributed by atoms with Crippen LogP contribution in [-0.2, 0) is 10.0 Å². The molecule has 0 spiro atoms. The van der Waals surface area contributed by atoms with Gasteiger partial charge in [-0.2, -0.15) is 4.31 Å². The van der Waals surface area contributed by atoms with Gasteiger partial charge in [-0.3, -0.25) is 0 Å². The Hall–Kier alpha value is -1.18. The normalized spacial score (nSPS) is 22.4. The summed E-state index contributed by atoms with van der Waals surface area (Å²) in [7, 11) is -1.77. The van der Waals surface area contributed by atoms with Crippen LogP contribution in [0.15, 0.2) is 23.2 Å². The van der Waals surface area contributed by atoms with Crippen molar-refractivity contribution in [2.24, 2.45) is 5.92 Å². The second-order valence-corrected chi connectivity index (χ2v) is 6.72. The van der Waals surface area contributed by atoms with Crippen molar-refractivity contribution < 1.29 is 13.5 Å². The Bertz CT molecular complexity index is 528. The van der Waals surface area contributed by atoms with Gasteiger partial charge < -0.3 is 10.4 Å². The van der Waals surface area contributed by atoms with E-state index in [2.05, 4.69) is 10.3 Å². The van der Waals surface area contributed by atoms with Gasteiger partial charge >= 0.3 is 0 Å².